The molecule has 1 saturated carbocycles. The van der Waals surface area contributed by atoms with Crippen LogP contribution in [0.15, 0.2) is 0 Å². The number of hydrogen-bond donors (Lipinski definition) is 3. The van der Waals surface area contributed by atoms with Crippen LogP contribution in [0.3, 0.4) is 0 Å². The number of nitrogens with two attached hydrogens (primary N) is 1. The van der Waals surface area contributed by atoms with Crippen molar-refractivity contribution in [1.82, 2.24) is 5.32 Å². The van der Waals surface area contributed by atoms with E-state index in [-0.39, 0.29) is 23.4 Å². The van der Waals surface area contributed by atoms with Gasteiger partial charge in [-0.25, -0.2) is 0 Å². The Morgan fingerprint density at radius 3 is 2.77 bits per heavy atom. The smallest absolute Gasteiger partial charge is 0.227 e. The van der Waals surface area contributed by atoms with Crippen molar-refractivity contribution in [2.75, 3.05) is 0 Å². The number of nitrogens with one attached hydrogen (secondary N) is 1. The molecule has 5 heteroatoms. The largest absolute Gasteiger partial charge is 0.393 e. The molecule has 1 fully saturated rings. The van der Waals surface area contributed by atoms with E-state index in [4.69, 9.17) is 5.73 Å². The Hall–Kier alpha value is -0.680. The number of carbonyl (C=O) groups excluding carboxylic acids is 1. The summed E-state index contributed by atoms with van der Waals surface area (Å²) in [5.74, 6) is -0.196. The highest BCUT2D eigenvalue weighted by molar-refractivity contribution is 7.80. The van der Waals surface area contributed by atoms with E-state index in [9.17, 15) is 9.90 Å². The maximum absolute atomic E-state index is 11.2. The topological polar surface area (TPSA) is 75.4 Å². The van der Waals surface area contributed by atoms with E-state index in [1.165, 1.54) is 0 Å². The van der Waals surface area contributed by atoms with Crippen molar-refractivity contribution in [3.8, 4) is 0 Å². The van der Waals surface area contributed by atoms with Gasteiger partial charge in [-0.2, -0.15) is 0 Å². The van der Waals surface area contributed by atoms with E-state index in [2.05, 4.69) is 17.5 Å². The summed E-state index contributed by atoms with van der Waals surface area (Å²) in [4.78, 5) is 11.4. The summed E-state index contributed by atoms with van der Waals surface area (Å²) in [5, 5.41) is 12.1. The third-order valence-electron chi connectivity index (χ3n) is 2.16. The molecule has 74 valence electrons. The fourth-order valence-electron chi connectivity index (χ4n) is 1.52. The Kier molecular flexibility index (Phi) is 3.62. The molecule has 0 heterocycles. The maximum atomic E-state index is 11.2. The molecule has 0 aromatic rings. The Bertz CT molecular complexity index is 220. The van der Waals surface area contributed by atoms with Crippen LogP contribution in [0, 0.1) is 0 Å². The normalized spacial score (nSPS) is 27.2. The van der Waals surface area contributed by atoms with Gasteiger partial charge in [0.1, 0.15) is 0 Å². The van der Waals surface area contributed by atoms with Crippen molar-refractivity contribution in [2.24, 2.45) is 5.73 Å². The lowest BCUT2D eigenvalue weighted by molar-refractivity contribution is -0.121. The van der Waals surface area contributed by atoms with Gasteiger partial charge in [0.25, 0.3) is 0 Å². The van der Waals surface area contributed by atoms with Gasteiger partial charge in [-0.3, -0.25) is 4.79 Å². The highest BCUT2D eigenvalue weighted by atomic mass is 32.1. The average molecular weight is 202 g/mol. The van der Waals surface area contributed by atoms with Gasteiger partial charge in [0.2, 0.25) is 5.91 Å². The Morgan fingerprint density at radius 2 is 2.31 bits per heavy atom. The second kappa shape index (κ2) is 4.53. The zero-order chi connectivity index (χ0) is 9.84. The van der Waals surface area contributed by atoms with Crippen molar-refractivity contribution in [3.63, 3.8) is 0 Å². The number of carbonyl (C=O) groups is 1. The molecule has 2 unspecified atom stereocenters. The van der Waals surface area contributed by atoms with Crippen LogP contribution >= 0.6 is 12.2 Å². The molecule has 0 bridgehead atoms. The number of aliphatic hydroxyl groups excluding tert-OH is 1. The fourth-order valence-corrected chi connectivity index (χ4v) is 1.66. The van der Waals surface area contributed by atoms with Crippen LogP contribution in [0.4, 0.5) is 0 Å². The monoisotopic (exact) mass is 202 g/mol. The van der Waals surface area contributed by atoms with E-state index in [0.717, 1.165) is 19.3 Å². The van der Waals surface area contributed by atoms with Crippen LogP contribution in [-0.4, -0.2) is 28.1 Å². The van der Waals surface area contributed by atoms with Crippen molar-refractivity contribution < 1.29 is 9.90 Å². The number of amides is 1. The Labute approximate surface area is 82.5 Å². The van der Waals surface area contributed by atoms with Crippen LogP contribution in [0.1, 0.15) is 25.7 Å². The molecule has 0 spiro atoms. The molecule has 1 aliphatic carbocycles. The molecule has 1 aliphatic rings. The molecule has 0 aromatic heterocycles. The summed E-state index contributed by atoms with van der Waals surface area (Å²) in [6, 6.07) is -0.109. The van der Waals surface area contributed by atoms with Gasteiger partial charge in [0.15, 0.2) is 0 Å². The second-order valence-corrected chi connectivity index (χ2v) is 3.84. The summed E-state index contributed by atoms with van der Waals surface area (Å²) in [7, 11) is 0. The van der Waals surface area contributed by atoms with Gasteiger partial charge in [0.05, 0.1) is 23.6 Å². The predicted molar refractivity (Wildman–Crippen MR) is 53.2 cm³/mol. The minimum Gasteiger partial charge on any atom is -0.393 e. The molecule has 0 aliphatic heterocycles. The number of hydrogen-bond acceptors (Lipinski definition) is 3. The van der Waals surface area contributed by atoms with Crippen molar-refractivity contribution in [1.29, 1.82) is 0 Å². The minimum absolute atomic E-state index is 0.0680. The van der Waals surface area contributed by atoms with Gasteiger partial charge in [-0.15, -0.1) is 0 Å². The molecule has 4 N–H and O–H groups in total. The molecule has 1 amide bonds. The first kappa shape index (κ1) is 10.4. The SMILES string of the molecule is NC(=S)CC(=O)NC1CCCC1O. The van der Waals surface area contributed by atoms with Gasteiger partial charge in [-0.1, -0.05) is 12.2 Å². The molecule has 13 heavy (non-hydrogen) atoms. The zero-order valence-electron chi connectivity index (χ0n) is 7.32. The van der Waals surface area contributed by atoms with Crippen LogP contribution in [0.25, 0.3) is 0 Å². The van der Waals surface area contributed by atoms with Crippen LogP contribution in [0.2, 0.25) is 0 Å². The van der Waals surface area contributed by atoms with Crippen molar-refractivity contribution in [3.05, 3.63) is 0 Å². The lowest BCUT2D eigenvalue weighted by Gasteiger charge is -2.15. The first-order valence-corrected chi connectivity index (χ1v) is 4.76. The van der Waals surface area contributed by atoms with Gasteiger partial charge < -0.3 is 16.2 Å². The number of rotatable bonds is 3. The summed E-state index contributed by atoms with van der Waals surface area (Å²) < 4.78 is 0. The summed E-state index contributed by atoms with van der Waals surface area (Å²) in [5.41, 5.74) is 5.21. The molecule has 0 aromatic carbocycles. The van der Waals surface area contributed by atoms with Crippen LogP contribution in [-0.2, 0) is 4.79 Å². The van der Waals surface area contributed by atoms with E-state index in [1.54, 1.807) is 0 Å². The standard InChI is InChI=1S/C8H14N2O2S/c9-7(13)4-8(12)10-5-2-1-3-6(5)11/h5-6,11H,1-4H2,(H2,9,13)(H,10,12). The van der Waals surface area contributed by atoms with Crippen molar-refractivity contribution >= 4 is 23.1 Å². The molecular formula is C8H14N2O2S. The first-order valence-electron chi connectivity index (χ1n) is 4.35. The third kappa shape index (κ3) is 3.28. The van der Waals surface area contributed by atoms with Crippen LogP contribution in [0.5, 0.6) is 0 Å². The summed E-state index contributed by atoms with van der Waals surface area (Å²) in [6.45, 7) is 0. The minimum atomic E-state index is -0.407. The average Bonchev–Trinajstić information content (AvgIpc) is 2.34. The molecule has 2 atom stereocenters. The number of aliphatic hydroxyl groups is 1. The second-order valence-electron chi connectivity index (χ2n) is 3.32. The van der Waals surface area contributed by atoms with E-state index >= 15 is 0 Å². The van der Waals surface area contributed by atoms with E-state index in [0.29, 0.717) is 0 Å². The zero-order valence-corrected chi connectivity index (χ0v) is 8.14. The predicted octanol–water partition coefficient (Wildman–Crippen LogP) is -0.308. The third-order valence-corrected chi connectivity index (χ3v) is 2.30. The fraction of sp³-hybridized carbons (Fsp3) is 0.750. The molecule has 4 nitrogen and oxygen atoms in total. The highest BCUT2D eigenvalue weighted by Crippen LogP contribution is 2.18. The van der Waals surface area contributed by atoms with E-state index < -0.39 is 6.10 Å². The Morgan fingerprint density at radius 1 is 1.62 bits per heavy atom. The highest BCUT2D eigenvalue weighted by Gasteiger charge is 2.26. The Balaban J connectivity index is 2.31. The summed E-state index contributed by atoms with van der Waals surface area (Å²) >= 11 is 4.60. The molecule has 0 radical (unpaired) electrons. The van der Waals surface area contributed by atoms with E-state index in [1.807, 2.05) is 0 Å². The van der Waals surface area contributed by atoms with Gasteiger partial charge in [0, 0.05) is 0 Å². The quantitative estimate of drug-likeness (QED) is 0.549. The van der Waals surface area contributed by atoms with Crippen LogP contribution < -0.4 is 11.1 Å². The lowest BCUT2D eigenvalue weighted by Crippen LogP contribution is -2.41. The lowest BCUT2D eigenvalue weighted by atomic mass is 10.2. The number of thiocarbonyl (C=S) groups is 1. The molecular weight excluding hydrogens is 188 g/mol. The summed E-state index contributed by atoms with van der Waals surface area (Å²) in [6.07, 6.45) is 2.22. The maximum Gasteiger partial charge on any atom is 0.227 e. The molecule has 1 rings (SSSR count). The molecule has 0 saturated heterocycles. The van der Waals surface area contributed by atoms with Gasteiger partial charge >= 0.3 is 0 Å². The van der Waals surface area contributed by atoms with Crippen molar-refractivity contribution in [2.45, 2.75) is 37.8 Å². The first-order chi connectivity index (χ1) is 6.09. The van der Waals surface area contributed by atoms with Gasteiger partial charge in [-0.05, 0) is 19.3 Å².